The van der Waals surface area contributed by atoms with Crippen LogP contribution in [-0.2, 0) is 6.42 Å². The van der Waals surface area contributed by atoms with E-state index in [1.54, 1.807) is 0 Å². The van der Waals surface area contributed by atoms with Crippen LogP contribution < -0.4 is 4.74 Å². The molecule has 10 rings (SSSR count). The van der Waals surface area contributed by atoms with Crippen molar-refractivity contribution in [3.8, 4) is 28.3 Å². The summed E-state index contributed by atoms with van der Waals surface area (Å²) in [7, 11) is 0. The summed E-state index contributed by atoms with van der Waals surface area (Å²) in [6, 6.07) is 48.1. The molecular formula is C39H24N2O. The summed E-state index contributed by atoms with van der Waals surface area (Å²) in [4.78, 5) is 0. The summed E-state index contributed by atoms with van der Waals surface area (Å²) in [6.45, 7) is 0. The van der Waals surface area contributed by atoms with Gasteiger partial charge in [0.2, 0.25) is 0 Å². The first-order valence-electron chi connectivity index (χ1n) is 14.5. The lowest BCUT2D eigenvalue weighted by Gasteiger charge is -2.19. The fraction of sp³-hybridized carbons (Fsp3) is 0.0256. The molecule has 0 radical (unpaired) electrons. The molecule has 9 aromatic rings. The Kier molecular flexibility index (Phi) is 4.24. The zero-order valence-corrected chi connectivity index (χ0v) is 22.7. The molecule has 1 aliphatic rings. The number of hydrogen-bond donors (Lipinski definition) is 0. The summed E-state index contributed by atoms with van der Waals surface area (Å²) < 4.78 is 11.5. The minimum absolute atomic E-state index is 0.860. The number of hydrogen-bond acceptors (Lipinski definition) is 1. The normalized spacial score (nSPS) is 12.9. The molecule has 5 aromatic carbocycles. The Bertz CT molecular complexity index is 2520. The molecule has 0 fully saturated rings. The summed E-state index contributed by atoms with van der Waals surface area (Å²) >= 11 is 0. The van der Waals surface area contributed by atoms with E-state index in [-0.39, 0.29) is 0 Å². The lowest BCUT2D eigenvalue weighted by molar-refractivity contribution is 0.468. The Labute approximate surface area is 241 Å². The third-order valence-corrected chi connectivity index (χ3v) is 9.13. The molecule has 5 heterocycles. The van der Waals surface area contributed by atoms with E-state index in [9.17, 15) is 0 Å². The second-order valence-electron chi connectivity index (χ2n) is 11.4. The van der Waals surface area contributed by atoms with Gasteiger partial charge in [0.05, 0.1) is 27.6 Å². The van der Waals surface area contributed by atoms with Crippen LogP contribution in [0.1, 0.15) is 11.1 Å². The number of rotatable bonds is 2. The molecule has 42 heavy (non-hydrogen) atoms. The minimum atomic E-state index is 0.860. The van der Waals surface area contributed by atoms with E-state index in [4.69, 9.17) is 4.74 Å². The topological polar surface area (TPSA) is 18.6 Å². The largest absolute Gasteiger partial charge is 0.454 e. The molecule has 0 atom stereocenters. The molecule has 0 N–H and O–H groups in total. The van der Waals surface area contributed by atoms with E-state index in [0.29, 0.717) is 0 Å². The summed E-state index contributed by atoms with van der Waals surface area (Å²) in [5, 5.41) is 5.10. The first-order valence-corrected chi connectivity index (χ1v) is 14.5. The molecular weight excluding hydrogens is 512 g/mol. The van der Waals surface area contributed by atoms with Crippen LogP contribution in [0.3, 0.4) is 0 Å². The number of nitrogens with zero attached hydrogens (tertiary/aromatic N) is 2. The Hall–Kier alpha value is -5.54. The zero-order chi connectivity index (χ0) is 27.4. The van der Waals surface area contributed by atoms with Crippen LogP contribution in [0, 0.1) is 0 Å². The Morgan fingerprint density at radius 3 is 2.05 bits per heavy atom. The average molecular weight is 537 g/mol. The highest BCUT2D eigenvalue weighted by atomic mass is 16.5. The molecule has 0 saturated carbocycles. The third-order valence-electron chi connectivity index (χ3n) is 9.13. The van der Waals surface area contributed by atoms with Crippen molar-refractivity contribution in [1.29, 1.82) is 0 Å². The van der Waals surface area contributed by atoms with Crippen LogP contribution in [0.15, 0.2) is 133 Å². The van der Waals surface area contributed by atoms with Crippen LogP contribution in [0.4, 0.5) is 0 Å². The molecule has 0 aliphatic carbocycles. The van der Waals surface area contributed by atoms with Crippen molar-refractivity contribution >= 4 is 49.1 Å². The van der Waals surface area contributed by atoms with Gasteiger partial charge in [-0.25, -0.2) is 0 Å². The van der Waals surface area contributed by atoms with Crippen LogP contribution in [0.2, 0.25) is 0 Å². The van der Waals surface area contributed by atoms with Gasteiger partial charge in [-0.2, -0.15) is 0 Å². The van der Waals surface area contributed by atoms with Crippen molar-refractivity contribution in [3.63, 3.8) is 0 Å². The molecule has 196 valence electrons. The number of ether oxygens (including phenoxy) is 1. The van der Waals surface area contributed by atoms with Crippen molar-refractivity contribution in [2.45, 2.75) is 6.42 Å². The summed E-state index contributed by atoms with van der Waals surface area (Å²) in [5.41, 5.74) is 12.1. The zero-order valence-electron chi connectivity index (χ0n) is 22.7. The van der Waals surface area contributed by atoms with Crippen LogP contribution in [0.25, 0.3) is 65.9 Å². The standard InChI is InChI=1S/C39H24N2O/c1-2-9-27(10-3-1)40-33-14-7-6-12-29(33)31-21-24(19-20-35(31)40)25-17-18-26-22-32-38-30-13-5-4-11-28(30)34-15-8-16-36(41(34)38)39(32)42-37(26)23-25/h1-21,23H,22H2. The number of aromatic nitrogens is 2. The fourth-order valence-electron chi connectivity index (χ4n) is 7.29. The van der Waals surface area contributed by atoms with Crippen molar-refractivity contribution in [2.24, 2.45) is 0 Å². The van der Waals surface area contributed by atoms with Crippen LogP contribution in [0.5, 0.6) is 11.5 Å². The molecule has 1 aliphatic heterocycles. The predicted molar refractivity (Wildman–Crippen MR) is 173 cm³/mol. The first-order chi connectivity index (χ1) is 20.8. The maximum absolute atomic E-state index is 6.77. The van der Waals surface area contributed by atoms with Crippen LogP contribution >= 0.6 is 0 Å². The minimum Gasteiger partial charge on any atom is -0.454 e. The van der Waals surface area contributed by atoms with Gasteiger partial charge in [-0.1, -0.05) is 84.9 Å². The van der Waals surface area contributed by atoms with Crippen molar-refractivity contribution < 1.29 is 4.74 Å². The molecule has 0 spiro atoms. The third kappa shape index (κ3) is 2.84. The van der Waals surface area contributed by atoms with E-state index in [1.807, 2.05) is 0 Å². The van der Waals surface area contributed by atoms with Gasteiger partial charge in [0.15, 0.2) is 5.75 Å². The van der Waals surface area contributed by atoms with Crippen molar-refractivity contribution in [3.05, 3.63) is 145 Å². The lowest BCUT2D eigenvalue weighted by atomic mass is 9.96. The van der Waals surface area contributed by atoms with E-state index in [1.165, 1.54) is 66.0 Å². The smallest absolute Gasteiger partial charge is 0.157 e. The van der Waals surface area contributed by atoms with Gasteiger partial charge in [0.25, 0.3) is 0 Å². The van der Waals surface area contributed by atoms with E-state index in [0.717, 1.165) is 29.0 Å². The van der Waals surface area contributed by atoms with E-state index >= 15 is 0 Å². The summed E-state index contributed by atoms with van der Waals surface area (Å²) in [5.74, 6) is 1.94. The highest BCUT2D eigenvalue weighted by Crippen LogP contribution is 2.48. The first kappa shape index (κ1) is 22.2. The Morgan fingerprint density at radius 2 is 1.17 bits per heavy atom. The Morgan fingerprint density at radius 1 is 0.500 bits per heavy atom. The lowest BCUT2D eigenvalue weighted by Crippen LogP contribution is -2.01. The van der Waals surface area contributed by atoms with Gasteiger partial charge in [-0.15, -0.1) is 0 Å². The summed E-state index contributed by atoms with van der Waals surface area (Å²) in [6.07, 6.45) is 0.860. The molecule has 3 nitrogen and oxygen atoms in total. The maximum Gasteiger partial charge on any atom is 0.157 e. The highest BCUT2D eigenvalue weighted by Gasteiger charge is 2.27. The molecule has 3 heteroatoms. The molecule has 0 amide bonds. The maximum atomic E-state index is 6.77. The van der Waals surface area contributed by atoms with Crippen molar-refractivity contribution in [2.75, 3.05) is 0 Å². The van der Waals surface area contributed by atoms with E-state index < -0.39 is 0 Å². The monoisotopic (exact) mass is 536 g/mol. The highest BCUT2D eigenvalue weighted by molar-refractivity contribution is 6.13. The van der Waals surface area contributed by atoms with Crippen molar-refractivity contribution in [1.82, 2.24) is 8.97 Å². The fourth-order valence-corrected chi connectivity index (χ4v) is 7.29. The van der Waals surface area contributed by atoms with E-state index in [2.05, 4.69) is 142 Å². The number of pyridine rings is 1. The average Bonchev–Trinajstić information content (AvgIpc) is 3.68. The van der Waals surface area contributed by atoms with Gasteiger partial charge in [-0.05, 0) is 65.2 Å². The van der Waals surface area contributed by atoms with Gasteiger partial charge in [-0.3, -0.25) is 0 Å². The molecule has 0 bridgehead atoms. The quantitative estimate of drug-likeness (QED) is 0.215. The number of para-hydroxylation sites is 2. The second-order valence-corrected chi connectivity index (χ2v) is 11.4. The predicted octanol–water partition coefficient (Wildman–Crippen LogP) is 10.1. The van der Waals surface area contributed by atoms with Crippen LogP contribution in [-0.4, -0.2) is 8.97 Å². The molecule has 0 saturated heterocycles. The second kappa shape index (κ2) is 8.02. The van der Waals surface area contributed by atoms with Gasteiger partial charge >= 0.3 is 0 Å². The number of benzene rings is 5. The van der Waals surface area contributed by atoms with Gasteiger partial charge < -0.3 is 13.7 Å². The molecule has 0 unspecified atom stereocenters. The SMILES string of the molecule is c1ccc(-n2c3ccccc3c3cc(-c4ccc5c(c4)Oc4c(c6c7ccccc7c7cccc4n76)C5)ccc32)cc1. The number of fused-ring (bicyclic) bond motifs is 10. The Balaban J connectivity index is 1.12. The van der Waals surface area contributed by atoms with Gasteiger partial charge in [0.1, 0.15) is 5.75 Å². The van der Waals surface area contributed by atoms with Gasteiger partial charge in [0, 0.05) is 39.2 Å². The molecule has 4 aromatic heterocycles.